The molecule has 4 fully saturated rings. The quantitative estimate of drug-likeness (QED) is 0.402. The minimum atomic E-state index is -4.73. The molecule has 0 radical (unpaired) electrons. The predicted octanol–water partition coefficient (Wildman–Crippen LogP) is 4.37. The van der Waals surface area contributed by atoms with E-state index in [1.807, 2.05) is 12.1 Å². The Morgan fingerprint density at radius 2 is 1.67 bits per heavy atom. The molecule has 46 heavy (non-hydrogen) atoms. The van der Waals surface area contributed by atoms with Crippen molar-refractivity contribution < 1.29 is 37.0 Å². The molecule has 2 aliphatic carbocycles. The molecule has 9 nitrogen and oxygen atoms in total. The van der Waals surface area contributed by atoms with Crippen LogP contribution in [0.4, 0.5) is 18.9 Å². The van der Waals surface area contributed by atoms with Crippen molar-refractivity contribution in [1.82, 2.24) is 9.88 Å². The highest BCUT2D eigenvalue weighted by molar-refractivity contribution is 8.00. The third-order valence-electron chi connectivity index (χ3n) is 10.1. The van der Waals surface area contributed by atoms with E-state index >= 15 is 0 Å². The van der Waals surface area contributed by atoms with Crippen LogP contribution in [-0.2, 0) is 25.3 Å². The third kappa shape index (κ3) is 4.62. The minimum Gasteiger partial charge on any atom is -0.484 e. The van der Waals surface area contributed by atoms with Crippen LogP contribution in [0, 0.1) is 29.6 Å². The van der Waals surface area contributed by atoms with Gasteiger partial charge in [-0.05, 0) is 54.0 Å². The van der Waals surface area contributed by atoms with Gasteiger partial charge in [-0.3, -0.25) is 19.2 Å². The largest absolute Gasteiger partial charge is 0.484 e. The molecule has 1 N–H and O–H groups in total. The zero-order valence-corrected chi connectivity index (χ0v) is 25.8. The van der Waals surface area contributed by atoms with E-state index in [4.69, 9.17) is 9.47 Å². The number of halogens is 3. The molecule has 0 spiro atoms. The van der Waals surface area contributed by atoms with Crippen LogP contribution in [-0.4, -0.2) is 65.8 Å². The van der Waals surface area contributed by atoms with Gasteiger partial charge in [0.05, 0.1) is 41.3 Å². The van der Waals surface area contributed by atoms with Crippen molar-refractivity contribution in [3.05, 3.63) is 74.2 Å². The highest BCUT2D eigenvalue weighted by Crippen LogP contribution is 2.68. The molecule has 14 heteroatoms. The Kier molecular flexibility index (Phi) is 7.11. The lowest BCUT2D eigenvalue weighted by Crippen LogP contribution is -2.43. The van der Waals surface area contributed by atoms with Crippen molar-refractivity contribution >= 4 is 46.5 Å². The lowest BCUT2D eigenvalue weighted by molar-refractivity contribution is -0.138. The fourth-order valence-corrected chi connectivity index (χ4v) is 11.2. The van der Waals surface area contributed by atoms with Gasteiger partial charge in [-0.15, -0.1) is 11.8 Å². The van der Waals surface area contributed by atoms with E-state index < -0.39 is 41.1 Å². The Morgan fingerprint density at radius 1 is 0.978 bits per heavy atom. The fourth-order valence-electron chi connectivity index (χ4n) is 8.36. The first kappa shape index (κ1) is 29.8. The molecule has 3 aliphatic heterocycles. The molecular formula is C32H28F3N3O6S2. The molecule has 2 saturated heterocycles. The summed E-state index contributed by atoms with van der Waals surface area (Å²) in [5.74, 6) is -3.05. The first-order valence-electron chi connectivity index (χ1n) is 15.1. The van der Waals surface area contributed by atoms with Gasteiger partial charge in [-0.1, -0.05) is 35.6 Å². The number of nitrogens with zero attached hydrogens (tertiary/aromatic N) is 2. The number of benzene rings is 2. The zero-order chi connectivity index (χ0) is 31.9. The van der Waals surface area contributed by atoms with Crippen molar-refractivity contribution in [2.45, 2.75) is 28.8 Å². The number of para-hydroxylation sites is 1. The highest BCUT2D eigenvalue weighted by Gasteiger charge is 2.70. The van der Waals surface area contributed by atoms with E-state index in [1.54, 1.807) is 17.0 Å². The summed E-state index contributed by atoms with van der Waals surface area (Å²) < 4.78 is 52.9. The lowest BCUT2D eigenvalue weighted by atomic mass is 9.68. The van der Waals surface area contributed by atoms with Crippen LogP contribution in [0.15, 0.2) is 58.4 Å². The van der Waals surface area contributed by atoms with Gasteiger partial charge in [-0.2, -0.15) is 13.2 Å². The van der Waals surface area contributed by atoms with Crippen molar-refractivity contribution in [3.8, 4) is 5.75 Å². The number of thiazole rings is 1. The molecule has 240 valence electrons. The van der Waals surface area contributed by atoms with E-state index in [2.05, 4.69) is 4.98 Å². The number of amides is 3. The average molecular weight is 672 g/mol. The number of anilines is 1. The van der Waals surface area contributed by atoms with E-state index in [1.165, 1.54) is 30.0 Å². The number of thioether (sulfide) groups is 1. The standard InChI is InChI=1S/C32H28F3N3O6S2/c33-32(34,35)19-3-1-2-4-20(19)38-29(40)24-17-13-18(25(24)30(38)41)26-23(17)22(27-28(45-26)36-31(42)46-27)15-5-7-16(8-6-15)44-14-21(39)37-9-11-43-12-10-37/h1-8,17-18,22-26H,9-14H2,(H,36,42)/t17-,18-,22+,23-,24+,25+,26-/m1/s1. The summed E-state index contributed by atoms with van der Waals surface area (Å²) in [5, 5.41) is 0.628. The number of aromatic nitrogens is 1. The SMILES string of the molecule is O=C(COc1ccc([C@@H]2c3sc(=O)[nH]c3S[C@@H]3[C@@H]4C[C@@H]([C@@H]5C(=O)N(c6ccccc6C(F)(F)F)C(=O)[C@@H]45)[C@H]23)cc1)N1CCOCC1. The molecule has 0 unspecified atom stereocenters. The zero-order valence-electron chi connectivity index (χ0n) is 24.2. The van der Waals surface area contributed by atoms with Crippen LogP contribution in [0.25, 0.3) is 0 Å². The highest BCUT2D eigenvalue weighted by atomic mass is 32.2. The Balaban J connectivity index is 1.09. The summed E-state index contributed by atoms with van der Waals surface area (Å²) >= 11 is 2.63. The molecule has 1 aromatic heterocycles. The van der Waals surface area contributed by atoms with Gasteiger partial charge in [0.1, 0.15) is 5.75 Å². The molecular weight excluding hydrogens is 643 g/mol. The molecule has 7 atom stereocenters. The minimum absolute atomic E-state index is 0.106. The molecule has 3 amide bonds. The van der Waals surface area contributed by atoms with Gasteiger partial charge in [-0.25, -0.2) is 4.90 Å². The number of carbonyl (C=O) groups is 3. The average Bonchev–Trinajstić information content (AvgIpc) is 3.79. The van der Waals surface area contributed by atoms with Crippen molar-refractivity contribution in [1.29, 1.82) is 0 Å². The molecule has 2 bridgehead atoms. The second-order valence-electron chi connectivity index (χ2n) is 12.3. The maximum Gasteiger partial charge on any atom is 0.418 e. The molecule has 5 aliphatic rings. The van der Waals surface area contributed by atoms with E-state index in [0.717, 1.165) is 37.8 Å². The number of imide groups is 1. The molecule has 3 aromatic rings. The van der Waals surface area contributed by atoms with Crippen LogP contribution < -0.4 is 14.5 Å². The van der Waals surface area contributed by atoms with Crippen LogP contribution >= 0.6 is 23.1 Å². The number of nitrogens with one attached hydrogen (secondary N) is 1. The lowest BCUT2D eigenvalue weighted by Gasteiger charge is -2.43. The third-order valence-corrected chi connectivity index (χ3v) is 12.7. The summed E-state index contributed by atoms with van der Waals surface area (Å²) in [7, 11) is 0. The fraction of sp³-hybridized carbons (Fsp3) is 0.438. The Labute approximate surface area is 269 Å². The predicted molar refractivity (Wildman–Crippen MR) is 162 cm³/mol. The summed E-state index contributed by atoms with van der Waals surface area (Å²) in [4.78, 5) is 58.9. The normalized spacial score (nSPS) is 29.9. The van der Waals surface area contributed by atoms with Crippen LogP contribution in [0.2, 0.25) is 0 Å². The molecule has 2 aromatic carbocycles. The van der Waals surface area contributed by atoms with Gasteiger partial charge >= 0.3 is 11.0 Å². The second kappa shape index (κ2) is 11.0. The Bertz CT molecular complexity index is 1790. The molecule has 8 rings (SSSR count). The van der Waals surface area contributed by atoms with Crippen molar-refractivity contribution in [2.24, 2.45) is 29.6 Å². The van der Waals surface area contributed by atoms with Crippen LogP contribution in [0.1, 0.15) is 28.3 Å². The number of aromatic amines is 1. The Hall–Kier alpha value is -3.62. The summed E-state index contributed by atoms with van der Waals surface area (Å²) in [5.41, 5.74) is -0.529. The molecule has 4 heterocycles. The van der Waals surface area contributed by atoms with Gasteiger partial charge in [0, 0.05) is 29.1 Å². The number of morpholine rings is 1. The number of hydrogen-bond donors (Lipinski definition) is 1. The maximum absolute atomic E-state index is 13.9. The second-order valence-corrected chi connectivity index (χ2v) is 14.5. The number of H-pyrrole nitrogens is 1. The van der Waals surface area contributed by atoms with Gasteiger partial charge in [0.2, 0.25) is 11.8 Å². The van der Waals surface area contributed by atoms with Crippen molar-refractivity contribution in [2.75, 3.05) is 37.8 Å². The van der Waals surface area contributed by atoms with Crippen molar-refractivity contribution in [3.63, 3.8) is 0 Å². The van der Waals surface area contributed by atoms with E-state index in [0.29, 0.717) is 38.5 Å². The summed E-state index contributed by atoms with van der Waals surface area (Å²) in [6.45, 7) is 1.94. The van der Waals surface area contributed by atoms with Gasteiger partial charge in [0.25, 0.3) is 5.91 Å². The summed E-state index contributed by atoms with van der Waals surface area (Å²) in [6, 6.07) is 12.1. The van der Waals surface area contributed by atoms with Crippen LogP contribution in [0.5, 0.6) is 5.75 Å². The smallest absolute Gasteiger partial charge is 0.418 e. The number of hydrogen-bond acceptors (Lipinski definition) is 8. The van der Waals surface area contributed by atoms with Gasteiger partial charge < -0.3 is 19.4 Å². The summed E-state index contributed by atoms with van der Waals surface area (Å²) in [6.07, 6.45) is -4.11. The maximum atomic E-state index is 13.9. The van der Waals surface area contributed by atoms with Crippen LogP contribution in [0.3, 0.4) is 0 Å². The monoisotopic (exact) mass is 671 g/mol. The topological polar surface area (TPSA) is 109 Å². The first-order valence-corrected chi connectivity index (χ1v) is 16.8. The van der Waals surface area contributed by atoms with E-state index in [-0.39, 0.29) is 46.3 Å². The number of carbonyl (C=O) groups excluding carboxylic acids is 3. The Morgan fingerprint density at radius 3 is 2.39 bits per heavy atom. The number of alkyl halides is 3. The molecule has 2 saturated carbocycles. The van der Waals surface area contributed by atoms with Gasteiger partial charge in [0.15, 0.2) is 6.61 Å². The van der Waals surface area contributed by atoms with E-state index in [9.17, 15) is 32.3 Å². The number of ether oxygens (including phenoxy) is 2. The number of rotatable bonds is 5. The first-order chi connectivity index (χ1) is 22.1. The number of fused-ring (bicyclic) bond motifs is 9.